The van der Waals surface area contributed by atoms with Crippen LogP contribution >= 0.6 is 34.7 Å². The van der Waals surface area contributed by atoms with Gasteiger partial charge < -0.3 is 14.8 Å². The van der Waals surface area contributed by atoms with Crippen LogP contribution in [0.15, 0.2) is 82.6 Å². The predicted molar refractivity (Wildman–Crippen MR) is 162 cm³/mol. The van der Waals surface area contributed by atoms with E-state index >= 15 is 0 Å². The lowest BCUT2D eigenvalue weighted by molar-refractivity contribution is -0.122. The zero-order valence-corrected chi connectivity index (χ0v) is 24.8. The number of nitrogens with zero attached hydrogens (tertiary/aromatic N) is 2. The molecule has 0 spiro atoms. The lowest BCUT2D eigenvalue weighted by atomic mass is 9.83. The maximum atomic E-state index is 14.0. The fourth-order valence-corrected chi connectivity index (χ4v) is 8.19. The van der Waals surface area contributed by atoms with Crippen molar-refractivity contribution in [1.82, 2.24) is 4.57 Å². The number of hydrogen-bond donors (Lipinski definition) is 1. The number of amides is 3. The molecule has 3 aromatic carbocycles. The van der Waals surface area contributed by atoms with E-state index in [9.17, 15) is 19.2 Å². The third-order valence-electron chi connectivity index (χ3n) is 7.28. The van der Waals surface area contributed by atoms with Crippen molar-refractivity contribution in [2.45, 2.75) is 22.7 Å². The number of hydrogen-bond acceptors (Lipinski definition) is 8. The van der Waals surface area contributed by atoms with Gasteiger partial charge in [0.2, 0.25) is 17.7 Å². The highest BCUT2D eigenvalue weighted by Crippen LogP contribution is 2.54. The number of carbonyl (C=O) groups is 3. The Morgan fingerprint density at radius 3 is 2.12 bits per heavy atom. The van der Waals surface area contributed by atoms with E-state index in [1.807, 2.05) is 12.1 Å². The van der Waals surface area contributed by atoms with Gasteiger partial charge in [0.15, 0.2) is 0 Å². The number of ether oxygens (including phenoxy) is 2. The predicted octanol–water partition coefficient (Wildman–Crippen LogP) is 5.01. The number of thioether (sulfide) groups is 1. The monoisotopic (exact) mass is 621 g/mol. The van der Waals surface area contributed by atoms with Crippen molar-refractivity contribution in [3.63, 3.8) is 0 Å². The van der Waals surface area contributed by atoms with Gasteiger partial charge in [-0.2, -0.15) is 0 Å². The summed E-state index contributed by atoms with van der Waals surface area (Å²) in [5.74, 6) is -1.21. The van der Waals surface area contributed by atoms with Crippen LogP contribution in [-0.2, 0) is 20.9 Å². The second-order valence-corrected chi connectivity index (χ2v) is 12.3. The molecule has 1 aromatic heterocycles. The second-order valence-electron chi connectivity index (χ2n) is 9.70. The van der Waals surface area contributed by atoms with E-state index in [4.69, 9.17) is 21.1 Å². The molecule has 1 N–H and O–H groups in total. The van der Waals surface area contributed by atoms with Crippen molar-refractivity contribution < 1.29 is 23.9 Å². The Bertz CT molecular complexity index is 1730. The van der Waals surface area contributed by atoms with Gasteiger partial charge in [0, 0.05) is 21.5 Å². The Morgan fingerprint density at radius 2 is 1.50 bits per heavy atom. The van der Waals surface area contributed by atoms with Crippen molar-refractivity contribution in [3.05, 3.63) is 97.9 Å². The fraction of sp³-hybridized carbons (Fsp3) is 0.200. The molecule has 0 aliphatic carbocycles. The number of fused-ring (bicyclic) bond motifs is 2. The van der Waals surface area contributed by atoms with E-state index in [2.05, 4.69) is 5.32 Å². The van der Waals surface area contributed by atoms with Crippen LogP contribution in [0.5, 0.6) is 11.5 Å². The molecule has 4 aromatic rings. The normalized spacial score (nSPS) is 19.3. The largest absolute Gasteiger partial charge is 0.497 e. The molecule has 9 nitrogen and oxygen atoms in total. The first-order valence-corrected chi connectivity index (χ1v) is 15.0. The van der Waals surface area contributed by atoms with E-state index in [1.165, 1.54) is 16.6 Å². The topological polar surface area (TPSA) is 107 Å². The summed E-state index contributed by atoms with van der Waals surface area (Å²) in [7, 11) is 3.09. The molecule has 1 fully saturated rings. The Balaban J connectivity index is 1.37. The average molecular weight is 622 g/mol. The summed E-state index contributed by atoms with van der Waals surface area (Å²) >= 11 is 8.32. The lowest BCUT2D eigenvalue weighted by Crippen LogP contribution is -2.33. The number of anilines is 2. The van der Waals surface area contributed by atoms with Crippen molar-refractivity contribution in [1.29, 1.82) is 0 Å². The van der Waals surface area contributed by atoms with Crippen LogP contribution in [0.3, 0.4) is 0 Å². The van der Waals surface area contributed by atoms with Gasteiger partial charge in [-0.3, -0.25) is 23.7 Å². The first-order chi connectivity index (χ1) is 20.3. The van der Waals surface area contributed by atoms with Crippen LogP contribution in [0.1, 0.15) is 16.4 Å². The van der Waals surface area contributed by atoms with Gasteiger partial charge in [0.25, 0.3) is 0 Å². The van der Waals surface area contributed by atoms with Crippen molar-refractivity contribution >= 4 is 63.8 Å². The van der Waals surface area contributed by atoms with E-state index in [0.29, 0.717) is 37.8 Å². The molecular formula is C30H24ClN3O6S2. The third-order valence-corrected chi connectivity index (χ3v) is 10.1. The summed E-state index contributed by atoms with van der Waals surface area (Å²) in [5, 5.41) is 3.04. The van der Waals surface area contributed by atoms with Gasteiger partial charge in [-0.15, -0.1) is 0 Å². The summed E-state index contributed by atoms with van der Waals surface area (Å²) in [4.78, 5) is 55.6. The Morgan fingerprint density at radius 1 is 0.881 bits per heavy atom. The van der Waals surface area contributed by atoms with E-state index in [1.54, 1.807) is 67.8 Å². The molecule has 12 heteroatoms. The summed E-state index contributed by atoms with van der Waals surface area (Å²) < 4.78 is 11.8. The number of aromatic nitrogens is 1. The number of carbonyl (C=O) groups excluding carboxylic acids is 3. The molecule has 1 saturated heterocycles. The zero-order valence-electron chi connectivity index (χ0n) is 22.4. The standard InChI is InChI=1S/C30H24ClN3O6S2/c1-39-20-11-7-18(8-12-20)32-22(35)15-33-29-26(42-30(33)38)23(16-3-5-17(31)6-4-16)24-25(41-29)28(37)34(27(24)36)19-9-13-21(40-2)14-10-19/h3-14,23-25H,15H2,1-2H3,(H,32,35)/t23-,24?,25?/m1/s1. The minimum atomic E-state index is -0.794. The quantitative estimate of drug-likeness (QED) is 0.289. The number of imide groups is 1. The van der Waals surface area contributed by atoms with E-state index in [0.717, 1.165) is 28.7 Å². The maximum Gasteiger partial charge on any atom is 0.308 e. The number of halogens is 1. The Hall–Kier alpha value is -4.06. The van der Waals surface area contributed by atoms with Crippen LogP contribution in [0.25, 0.3) is 0 Å². The molecule has 3 heterocycles. The molecule has 0 radical (unpaired) electrons. The van der Waals surface area contributed by atoms with Gasteiger partial charge in [-0.1, -0.05) is 46.8 Å². The molecule has 3 atom stereocenters. The van der Waals surface area contributed by atoms with Crippen molar-refractivity contribution in [2.75, 3.05) is 24.4 Å². The molecule has 3 amide bonds. The number of thiazole rings is 1. The van der Waals surface area contributed by atoms with Gasteiger partial charge in [0.1, 0.15) is 23.3 Å². The number of methoxy groups -OCH3 is 2. The van der Waals surface area contributed by atoms with Gasteiger partial charge in [-0.25, -0.2) is 4.90 Å². The third kappa shape index (κ3) is 4.97. The van der Waals surface area contributed by atoms with E-state index in [-0.39, 0.29) is 23.2 Å². The number of nitrogens with one attached hydrogen (secondary N) is 1. The molecule has 2 aliphatic rings. The van der Waals surface area contributed by atoms with E-state index < -0.39 is 23.0 Å². The number of benzene rings is 3. The number of rotatable bonds is 7. The van der Waals surface area contributed by atoms with Crippen molar-refractivity contribution in [3.8, 4) is 11.5 Å². The summed E-state index contributed by atoms with van der Waals surface area (Å²) in [6.45, 7) is -0.251. The Kier molecular flexibility index (Phi) is 7.56. The van der Waals surface area contributed by atoms with Crippen LogP contribution in [0, 0.1) is 5.92 Å². The van der Waals surface area contributed by atoms with Crippen LogP contribution in [0.4, 0.5) is 11.4 Å². The summed E-state index contributed by atoms with van der Waals surface area (Å²) in [6.07, 6.45) is 0. The van der Waals surface area contributed by atoms with Crippen LogP contribution in [0.2, 0.25) is 5.02 Å². The van der Waals surface area contributed by atoms with Gasteiger partial charge >= 0.3 is 4.87 Å². The second kappa shape index (κ2) is 11.3. The lowest BCUT2D eigenvalue weighted by Gasteiger charge is -2.30. The molecule has 214 valence electrons. The highest BCUT2D eigenvalue weighted by molar-refractivity contribution is 8.00. The molecule has 42 heavy (non-hydrogen) atoms. The van der Waals surface area contributed by atoms with Gasteiger partial charge in [-0.05, 0) is 66.2 Å². The molecule has 2 unspecified atom stereocenters. The molecule has 2 aliphatic heterocycles. The highest BCUT2D eigenvalue weighted by atomic mass is 35.5. The SMILES string of the molecule is COc1ccc(NC(=O)Cn2c3c(sc2=O)[C@H](c2ccc(Cl)cc2)C2C(=O)N(c4ccc(OC)cc4)C(=O)C2S3)cc1. The fourth-order valence-electron chi connectivity index (χ4n) is 5.29. The first kappa shape index (κ1) is 28.1. The summed E-state index contributed by atoms with van der Waals surface area (Å²) in [6, 6.07) is 20.6. The molecule has 0 saturated carbocycles. The first-order valence-electron chi connectivity index (χ1n) is 12.9. The van der Waals surface area contributed by atoms with Crippen LogP contribution in [-0.4, -0.2) is 41.8 Å². The van der Waals surface area contributed by atoms with Crippen molar-refractivity contribution in [2.24, 2.45) is 5.92 Å². The summed E-state index contributed by atoms with van der Waals surface area (Å²) in [5.41, 5.74) is 1.75. The van der Waals surface area contributed by atoms with Crippen LogP contribution < -0.4 is 24.6 Å². The smallest absolute Gasteiger partial charge is 0.308 e. The van der Waals surface area contributed by atoms with Gasteiger partial charge in [0.05, 0.1) is 30.9 Å². The highest BCUT2D eigenvalue weighted by Gasteiger charge is 2.56. The maximum absolute atomic E-state index is 14.0. The Labute approximate surface area is 254 Å². The zero-order chi connectivity index (χ0) is 29.5. The molecule has 0 bridgehead atoms. The minimum absolute atomic E-state index is 0.251. The minimum Gasteiger partial charge on any atom is -0.497 e. The molecule has 6 rings (SSSR count). The molecular weight excluding hydrogens is 598 g/mol. The average Bonchev–Trinajstić information content (AvgIpc) is 3.44.